The summed E-state index contributed by atoms with van der Waals surface area (Å²) in [4.78, 5) is 36.8. The summed E-state index contributed by atoms with van der Waals surface area (Å²) in [5, 5.41) is 31.4. The first-order chi connectivity index (χ1) is 20.0. The first kappa shape index (κ1) is 28.5. The molecule has 41 heavy (non-hydrogen) atoms. The van der Waals surface area contributed by atoms with Crippen molar-refractivity contribution in [1.82, 2.24) is 10.6 Å². The van der Waals surface area contributed by atoms with E-state index in [-0.39, 0.29) is 18.9 Å². The normalized spacial score (nSPS) is 11.8. The summed E-state index contributed by atoms with van der Waals surface area (Å²) < 4.78 is 0. The van der Waals surface area contributed by atoms with Gasteiger partial charge in [-0.2, -0.15) is 20.5 Å². The van der Waals surface area contributed by atoms with Crippen LogP contribution in [0.5, 0.6) is 0 Å². The van der Waals surface area contributed by atoms with Gasteiger partial charge in [0.2, 0.25) is 0 Å². The van der Waals surface area contributed by atoms with Gasteiger partial charge in [-0.05, 0) is 85.6 Å². The largest absolute Gasteiger partial charge is 0.480 e. The molecule has 10 nitrogen and oxygen atoms in total. The predicted molar refractivity (Wildman–Crippen MR) is 155 cm³/mol. The lowest BCUT2D eigenvalue weighted by Crippen LogP contribution is -2.41. The Hall–Kier alpha value is -5.51. The van der Waals surface area contributed by atoms with Crippen LogP contribution in [0.3, 0.4) is 0 Å². The van der Waals surface area contributed by atoms with Gasteiger partial charge in [-0.3, -0.25) is 9.59 Å². The summed E-state index contributed by atoms with van der Waals surface area (Å²) in [6.45, 7) is 0.245. The molecule has 1 atom stereocenters. The molecule has 4 aromatic carbocycles. The zero-order chi connectivity index (χ0) is 28.9. The van der Waals surface area contributed by atoms with E-state index in [2.05, 4.69) is 31.1 Å². The molecule has 0 heterocycles. The number of nitrogens with one attached hydrogen (secondary N) is 2. The van der Waals surface area contributed by atoms with E-state index in [1.807, 2.05) is 60.7 Å². The molecular formula is C31H28N6O4. The molecule has 206 valence electrons. The van der Waals surface area contributed by atoms with Crippen molar-refractivity contribution in [3.05, 3.63) is 120 Å². The molecule has 0 unspecified atom stereocenters. The van der Waals surface area contributed by atoms with Crippen LogP contribution in [-0.4, -0.2) is 35.5 Å². The third-order valence-corrected chi connectivity index (χ3v) is 5.89. The Morgan fingerprint density at radius 2 is 1.00 bits per heavy atom. The average Bonchev–Trinajstić information content (AvgIpc) is 3.01. The van der Waals surface area contributed by atoms with Gasteiger partial charge in [0.1, 0.15) is 6.04 Å². The molecule has 0 aromatic heterocycles. The number of nitrogens with zero attached hydrogens (tertiary/aromatic N) is 4. The maximum Gasteiger partial charge on any atom is 0.326 e. The zero-order valence-electron chi connectivity index (χ0n) is 22.1. The van der Waals surface area contributed by atoms with Gasteiger partial charge in [0.05, 0.1) is 22.7 Å². The van der Waals surface area contributed by atoms with E-state index in [1.54, 1.807) is 48.5 Å². The minimum atomic E-state index is -1.15. The van der Waals surface area contributed by atoms with Crippen LogP contribution in [0.25, 0.3) is 0 Å². The van der Waals surface area contributed by atoms with E-state index >= 15 is 0 Å². The van der Waals surface area contributed by atoms with Crippen molar-refractivity contribution >= 4 is 40.5 Å². The molecule has 2 amide bonds. The van der Waals surface area contributed by atoms with Crippen molar-refractivity contribution in [2.24, 2.45) is 20.5 Å². The number of benzene rings is 4. The number of carbonyl (C=O) groups is 3. The summed E-state index contributed by atoms with van der Waals surface area (Å²) in [6, 6.07) is 30.5. The monoisotopic (exact) mass is 548 g/mol. The Morgan fingerprint density at radius 1 is 0.585 bits per heavy atom. The maximum atomic E-state index is 12.6. The third-order valence-electron chi connectivity index (χ3n) is 5.89. The second-order valence-electron chi connectivity index (χ2n) is 8.93. The predicted octanol–water partition coefficient (Wildman–Crippen LogP) is 6.91. The van der Waals surface area contributed by atoms with Crippen LogP contribution in [-0.2, 0) is 4.79 Å². The second-order valence-corrected chi connectivity index (χ2v) is 8.93. The molecule has 3 N–H and O–H groups in total. The minimum Gasteiger partial charge on any atom is -0.480 e. The first-order valence-corrected chi connectivity index (χ1v) is 12.9. The van der Waals surface area contributed by atoms with E-state index in [1.165, 1.54) is 0 Å². The van der Waals surface area contributed by atoms with Crippen molar-refractivity contribution in [1.29, 1.82) is 0 Å². The highest BCUT2D eigenvalue weighted by Gasteiger charge is 2.20. The topological polar surface area (TPSA) is 145 Å². The molecule has 0 saturated carbocycles. The Bertz CT molecular complexity index is 1510. The molecule has 0 saturated heterocycles. The fraction of sp³-hybridized carbons (Fsp3) is 0.129. The number of carboxylic acid groups (broad SMARTS) is 1. The Morgan fingerprint density at radius 3 is 1.44 bits per heavy atom. The van der Waals surface area contributed by atoms with Gasteiger partial charge in [-0.25, -0.2) is 4.79 Å². The van der Waals surface area contributed by atoms with Crippen LogP contribution in [0.4, 0.5) is 22.7 Å². The lowest BCUT2D eigenvalue weighted by Gasteiger charge is -2.15. The van der Waals surface area contributed by atoms with Gasteiger partial charge >= 0.3 is 5.97 Å². The van der Waals surface area contributed by atoms with E-state index < -0.39 is 17.9 Å². The fourth-order valence-electron chi connectivity index (χ4n) is 3.69. The van der Waals surface area contributed by atoms with Crippen molar-refractivity contribution in [2.75, 3.05) is 6.54 Å². The summed E-state index contributed by atoms with van der Waals surface area (Å²) in [5.74, 6) is -1.97. The van der Waals surface area contributed by atoms with Gasteiger partial charge in [-0.15, -0.1) is 0 Å². The van der Waals surface area contributed by atoms with Crippen molar-refractivity contribution < 1.29 is 19.5 Å². The Kier molecular flexibility index (Phi) is 10.1. The van der Waals surface area contributed by atoms with Gasteiger partial charge in [0.15, 0.2) is 0 Å². The Balaban J connectivity index is 1.22. The van der Waals surface area contributed by atoms with Crippen molar-refractivity contribution in [3.63, 3.8) is 0 Å². The Labute approximate surface area is 236 Å². The van der Waals surface area contributed by atoms with E-state index in [4.69, 9.17) is 0 Å². The van der Waals surface area contributed by atoms with Gasteiger partial charge < -0.3 is 15.7 Å². The van der Waals surface area contributed by atoms with E-state index in [0.29, 0.717) is 34.6 Å². The number of amides is 2. The van der Waals surface area contributed by atoms with Crippen LogP contribution in [0.1, 0.15) is 33.6 Å². The molecule has 0 radical (unpaired) electrons. The quantitative estimate of drug-likeness (QED) is 0.130. The first-order valence-electron chi connectivity index (χ1n) is 12.9. The molecule has 0 aliphatic carbocycles. The summed E-state index contributed by atoms with van der Waals surface area (Å²) in [5.41, 5.74) is 3.34. The lowest BCUT2D eigenvalue weighted by atomic mass is 10.1. The number of hydrogen-bond acceptors (Lipinski definition) is 7. The van der Waals surface area contributed by atoms with E-state index in [0.717, 1.165) is 5.69 Å². The summed E-state index contributed by atoms with van der Waals surface area (Å²) in [7, 11) is 0. The highest BCUT2D eigenvalue weighted by atomic mass is 16.4. The molecule has 0 spiro atoms. The molecule has 4 rings (SSSR count). The maximum absolute atomic E-state index is 12.6. The molecule has 0 bridgehead atoms. The number of azo groups is 2. The van der Waals surface area contributed by atoms with Crippen LogP contribution in [0.2, 0.25) is 0 Å². The van der Waals surface area contributed by atoms with Gasteiger partial charge in [-0.1, -0.05) is 36.4 Å². The smallest absolute Gasteiger partial charge is 0.326 e. The van der Waals surface area contributed by atoms with Crippen LogP contribution < -0.4 is 10.6 Å². The standard InChI is InChI=1S/C31H28N6O4/c38-29(22-13-17-26(18-14-22)36-34-24-8-3-1-4-9-24)32-21-7-12-28(31(40)41)33-30(39)23-15-19-27(20-16-23)37-35-25-10-5-2-6-11-25/h1-6,8-11,13-20,28H,7,12,21H2,(H,32,38)(H,33,39)(H,40,41)/t28-/m0/s1. The highest BCUT2D eigenvalue weighted by molar-refractivity contribution is 5.97. The SMILES string of the molecule is O=C(NCCC[C@H](NC(=O)c1ccc(N=Nc2ccccc2)cc1)C(=O)O)c1ccc(N=Nc2ccccc2)cc1. The number of rotatable bonds is 12. The summed E-state index contributed by atoms with van der Waals surface area (Å²) in [6.07, 6.45) is 0.495. The van der Waals surface area contributed by atoms with Gasteiger partial charge in [0.25, 0.3) is 11.8 Å². The third kappa shape index (κ3) is 9.03. The highest BCUT2D eigenvalue weighted by Crippen LogP contribution is 2.19. The zero-order valence-corrected chi connectivity index (χ0v) is 22.1. The van der Waals surface area contributed by atoms with Crippen molar-refractivity contribution in [3.8, 4) is 0 Å². The molecule has 10 heteroatoms. The van der Waals surface area contributed by atoms with Crippen LogP contribution in [0, 0.1) is 0 Å². The summed E-state index contributed by atoms with van der Waals surface area (Å²) >= 11 is 0. The lowest BCUT2D eigenvalue weighted by molar-refractivity contribution is -0.139. The van der Waals surface area contributed by atoms with Crippen molar-refractivity contribution in [2.45, 2.75) is 18.9 Å². The molecule has 0 aliphatic heterocycles. The molecule has 4 aromatic rings. The molecule has 0 fully saturated rings. The van der Waals surface area contributed by atoms with Crippen LogP contribution in [0.15, 0.2) is 130 Å². The number of carbonyl (C=O) groups excluding carboxylic acids is 2. The van der Waals surface area contributed by atoms with E-state index in [9.17, 15) is 19.5 Å². The fourth-order valence-corrected chi connectivity index (χ4v) is 3.69. The number of aliphatic carboxylic acids is 1. The van der Waals surface area contributed by atoms with Gasteiger partial charge in [0, 0.05) is 17.7 Å². The van der Waals surface area contributed by atoms with Crippen LogP contribution >= 0.6 is 0 Å². The number of hydrogen-bond donors (Lipinski definition) is 3. The second kappa shape index (κ2) is 14.6. The molecule has 0 aliphatic rings. The molecular weight excluding hydrogens is 520 g/mol. The number of carboxylic acids is 1. The average molecular weight is 549 g/mol. The minimum absolute atomic E-state index is 0.142.